The number of hydrogen-bond acceptors (Lipinski definition) is 5. The Balaban J connectivity index is 2.00. The standard InChI is InChI=1S/C14H16N4O2/c1-17-8-6-10(9-17)16-12-4-5-13(18(19)20)14-11(12)3-2-7-15-14/h2-5,7,10,16H,6,8-9H2,1H3. The van der Waals surface area contributed by atoms with Crippen molar-refractivity contribution < 1.29 is 4.92 Å². The SMILES string of the molecule is CN1CCC(Nc2ccc([N+](=O)[O-])c3ncccc23)C1. The number of nitro groups is 1. The van der Waals surface area contributed by atoms with E-state index in [4.69, 9.17) is 0 Å². The Hall–Kier alpha value is -2.21. The second-order valence-electron chi connectivity index (χ2n) is 5.18. The summed E-state index contributed by atoms with van der Waals surface area (Å²) in [5.74, 6) is 0. The van der Waals surface area contributed by atoms with Crippen LogP contribution in [0.3, 0.4) is 0 Å². The zero-order chi connectivity index (χ0) is 14.1. The maximum Gasteiger partial charge on any atom is 0.295 e. The van der Waals surface area contributed by atoms with Gasteiger partial charge in [-0.2, -0.15) is 0 Å². The molecule has 104 valence electrons. The van der Waals surface area contributed by atoms with Crippen molar-refractivity contribution >= 4 is 22.3 Å². The predicted molar refractivity (Wildman–Crippen MR) is 77.9 cm³/mol. The molecule has 1 unspecified atom stereocenters. The number of benzene rings is 1. The van der Waals surface area contributed by atoms with Crippen molar-refractivity contribution in [1.29, 1.82) is 0 Å². The zero-order valence-corrected chi connectivity index (χ0v) is 11.2. The van der Waals surface area contributed by atoms with Gasteiger partial charge in [-0.1, -0.05) is 0 Å². The molecule has 0 radical (unpaired) electrons. The first-order chi connectivity index (χ1) is 9.65. The van der Waals surface area contributed by atoms with Crippen LogP contribution >= 0.6 is 0 Å². The summed E-state index contributed by atoms with van der Waals surface area (Å²) in [4.78, 5) is 17.1. The van der Waals surface area contributed by atoms with Crippen molar-refractivity contribution in [1.82, 2.24) is 9.88 Å². The Morgan fingerprint density at radius 2 is 2.30 bits per heavy atom. The van der Waals surface area contributed by atoms with Gasteiger partial charge in [0.15, 0.2) is 0 Å². The summed E-state index contributed by atoms with van der Waals surface area (Å²) in [6.07, 6.45) is 2.66. The van der Waals surface area contributed by atoms with Crippen LogP contribution in [0.1, 0.15) is 6.42 Å². The van der Waals surface area contributed by atoms with E-state index < -0.39 is 0 Å². The molecule has 1 aromatic heterocycles. The van der Waals surface area contributed by atoms with Crippen molar-refractivity contribution in [2.75, 3.05) is 25.5 Å². The Morgan fingerprint density at radius 3 is 3.00 bits per heavy atom. The van der Waals surface area contributed by atoms with Gasteiger partial charge in [0.1, 0.15) is 5.52 Å². The van der Waals surface area contributed by atoms with E-state index >= 15 is 0 Å². The number of nitrogens with zero attached hydrogens (tertiary/aromatic N) is 3. The first-order valence-corrected chi connectivity index (χ1v) is 6.62. The molecule has 1 N–H and O–H groups in total. The average molecular weight is 272 g/mol. The highest BCUT2D eigenvalue weighted by atomic mass is 16.6. The van der Waals surface area contributed by atoms with E-state index in [1.54, 1.807) is 18.3 Å². The lowest BCUT2D eigenvalue weighted by molar-refractivity contribution is -0.383. The van der Waals surface area contributed by atoms with E-state index in [1.807, 2.05) is 6.07 Å². The summed E-state index contributed by atoms with van der Waals surface area (Å²) in [5.41, 5.74) is 1.41. The minimum atomic E-state index is -0.386. The predicted octanol–water partition coefficient (Wildman–Crippen LogP) is 2.26. The van der Waals surface area contributed by atoms with Gasteiger partial charge in [0.25, 0.3) is 5.69 Å². The van der Waals surface area contributed by atoms with Gasteiger partial charge in [-0.15, -0.1) is 0 Å². The quantitative estimate of drug-likeness (QED) is 0.685. The molecule has 2 aromatic rings. The largest absolute Gasteiger partial charge is 0.380 e. The van der Waals surface area contributed by atoms with Crippen LogP contribution in [0.15, 0.2) is 30.5 Å². The highest BCUT2D eigenvalue weighted by molar-refractivity contribution is 5.97. The number of non-ortho nitro benzene ring substituents is 1. The highest BCUT2D eigenvalue weighted by Crippen LogP contribution is 2.30. The number of anilines is 1. The lowest BCUT2D eigenvalue weighted by Crippen LogP contribution is -2.23. The van der Waals surface area contributed by atoms with Gasteiger partial charge in [0.05, 0.1) is 4.92 Å². The third kappa shape index (κ3) is 2.30. The number of likely N-dealkylation sites (tertiary alicyclic amines) is 1. The van der Waals surface area contributed by atoms with Crippen LogP contribution in [0.25, 0.3) is 10.9 Å². The van der Waals surface area contributed by atoms with Crippen LogP contribution in [-0.4, -0.2) is 41.0 Å². The van der Waals surface area contributed by atoms with Gasteiger partial charge in [0.2, 0.25) is 0 Å². The molecule has 0 amide bonds. The van der Waals surface area contributed by atoms with Crippen LogP contribution in [0, 0.1) is 10.1 Å². The fourth-order valence-electron chi connectivity index (χ4n) is 2.70. The molecule has 20 heavy (non-hydrogen) atoms. The second-order valence-corrected chi connectivity index (χ2v) is 5.18. The summed E-state index contributed by atoms with van der Waals surface area (Å²) in [6.45, 7) is 2.06. The molecule has 1 aliphatic heterocycles. The number of rotatable bonds is 3. The summed E-state index contributed by atoms with van der Waals surface area (Å²) in [6, 6.07) is 7.36. The van der Waals surface area contributed by atoms with Crippen LogP contribution in [-0.2, 0) is 0 Å². The van der Waals surface area contributed by atoms with Crippen molar-refractivity contribution in [3.05, 3.63) is 40.6 Å². The molecule has 1 atom stereocenters. The molecule has 3 rings (SSSR count). The molecule has 6 heteroatoms. The van der Waals surface area contributed by atoms with Crippen molar-refractivity contribution in [3.8, 4) is 0 Å². The normalized spacial score (nSPS) is 19.4. The van der Waals surface area contributed by atoms with Gasteiger partial charge < -0.3 is 10.2 Å². The molecule has 1 aliphatic rings. The van der Waals surface area contributed by atoms with Crippen LogP contribution in [0.4, 0.5) is 11.4 Å². The molecule has 1 aromatic carbocycles. The smallest absolute Gasteiger partial charge is 0.295 e. The molecule has 2 heterocycles. The topological polar surface area (TPSA) is 71.3 Å². The monoisotopic (exact) mass is 272 g/mol. The van der Waals surface area contributed by atoms with Gasteiger partial charge in [-0.25, -0.2) is 4.98 Å². The second kappa shape index (κ2) is 5.05. The summed E-state index contributed by atoms with van der Waals surface area (Å²) in [5, 5.41) is 15.3. The van der Waals surface area contributed by atoms with Crippen LogP contribution in [0.2, 0.25) is 0 Å². The molecule has 0 bridgehead atoms. The number of nitrogens with one attached hydrogen (secondary N) is 1. The minimum Gasteiger partial charge on any atom is -0.380 e. The first-order valence-electron chi connectivity index (χ1n) is 6.62. The minimum absolute atomic E-state index is 0.0506. The van der Waals surface area contributed by atoms with Crippen molar-refractivity contribution in [3.63, 3.8) is 0 Å². The lowest BCUT2D eigenvalue weighted by atomic mass is 10.1. The van der Waals surface area contributed by atoms with E-state index in [0.717, 1.165) is 30.6 Å². The number of pyridine rings is 1. The fraction of sp³-hybridized carbons (Fsp3) is 0.357. The molecule has 0 spiro atoms. The lowest BCUT2D eigenvalue weighted by Gasteiger charge is -2.15. The molecule has 0 saturated carbocycles. The molecule has 1 fully saturated rings. The van der Waals surface area contributed by atoms with Gasteiger partial charge in [0, 0.05) is 35.9 Å². The Bertz CT molecular complexity index is 659. The molecule has 6 nitrogen and oxygen atoms in total. The van der Waals surface area contributed by atoms with Gasteiger partial charge in [-0.05, 0) is 38.2 Å². The molecule has 1 saturated heterocycles. The molecule has 0 aliphatic carbocycles. The van der Waals surface area contributed by atoms with Crippen LogP contribution in [0.5, 0.6) is 0 Å². The first kappa shape index (κ1) is 12.8. The average Bonchev–Trinajstić information content (AvgIpc) is 2.84. The third-order valence-electron chi connectivity index (χ3n) is 3.70. The summed E-state index contributed by atoms with van der Waals surface area (Å²) < 4.78 is 0. The third-order valence-corrected chi connectivity index (χ3v) is 3.70. The maximum atomic E-state index is 11.1. The zero-order valence-electron chi connectivity index (χ0n) is 11.2. The van der Waals surface area contributed by atoms with E-state index in [2.05, 4.69) is 22.2 Å². The highest BCUT2D eigenvalue weighted by Gasteiger charge is 2.21. The van der Waals surface area contributed by atoms with Crippen LogP contribution < -0.4 is 5.32 Å². The number of nitro benzene ring substituents is 1. The molecular formula is C14H16N4O2. The van der Waals surface area contributed by atoms with Gasteiger partial charge in [-0.3, -0.25) is 10.1 Å². The Kier molecular flexibility index (Phi) is 3.23. The van der Waals surface area contributed by atoms with Gasteiger partial charge >= 0.3 is 0 Å². The van der Waals surface area contributed by atoms with Crippen molar-refractivity contribution in [2.45, 2.75) is 12.5 Å². The van der Waals surface area contributed by atoms with E-state index in [9.17, 15) is 10.1 Å². The van der Waals surface area contributed by atoms with E-state index in [0.29, 0.717) is 11.6 Å². The summed E-state index contributed by atoms with van der Waals surface area (Å²) in [7, 11) is 2.09. The Labute approximate surface area is 116 Å². The number of hydrogen-bond donors (Lipinski definition) is 1. The van der Waals surface area contributed by atoms with Crippen molar-refractivity contribution in [2.24, 2.45) is 0 Å². The Morgan fingerprint density at radius 1 is 1.45 bits per heavy atom. The van der Waals surface area contributed by atoms with E-state index in [1.165, 1.54) is 6.07 Å². The fourth-order valence-corrected chi connectivity index (χ4v) is 2.70. The number of fused-ring (bicyclic) bond motifs is 1. The van der Waals surface area contributed by atoms with E-state index in [-0.39, 0.29) is 10.6 Å². The maximum absolute atomic E-state index is 11.1. The summed E-state index contributed by atoms with van der Waals surface area (Å²) >= 11 is 0. The molecular weight excluding hydrogens is 256 g/mol. The number of likely N-dealkylation sites (N-methyl/N-ethyl adjacent to an activating group) is 1. The number of aromatic nitrogens is 1.